The van der Waals surface area contributed by atoms with Gasteiger partial charge in [0.05, 0.1) is 5.69 Å². The molecule has 0 aliphatic carbocycles. The number of hydrogen-bond donors (Lipinski definition) is 2. The Balaban J connectivity index is 0.00000288. The molecule has 0 aromatic carbocycles. The first kappa shape index (κ1) is 21.2. The minimum atomic E-state index is 0. The van der Waals surface area contributed by atoms with E-state index in [0.717, 1.165) is 37.7 Å². The van der Waals surface area contributed by atoms with Crippen molar-refractivity contribution in [3.05, 3.63) is 17.5 Å². The molecule has 1 saturated heterocycles. The van der Waals surface area contributed by atoms with Gasteiger partial charge in [0, 0.05) is 32.4 Å². The number of nitrogens with one attached hydrogen (secondary N) is 2. The molecular formula is C17H33IN6. The molecule has 0 bridgehead atoms. The summed E-state index contributed by atoms with van der Waals surface area (Å²) in [6, 6.07) is 2.12. The van der Waals surface area contributed by atoms with Gasteiger partial charge in [-0.3, -0.25) is 9.67 Å². The van der Waals surface area contributed by atoms with Crippen molar-refractivity contribution in [2.24, 2.45) is 4.99 Å². The number of aliphatic imine (C=N–C) groups is 1. The minimum absolute atomic E-state index is 0. The van der Waals surface area contributed by atoms with Gasteiger partial charge in [0.25, 0.3) is 0 Å². The van der Waals surface area contributed by atoms with E-state index in [1.165, 1.54) is 44.6 Å². The van der Waals surface area contributed by atoms with Crippen molar-refractivity contribution in [1.29, 1.82) is 0 Å². The molecule has 0 spiro atoms. The second-order valence-electron chi connectivity index (χ2n) is 6.33. The number of rotatable bonds is 8. The number of hydrogen-bond acceptors (Lipinski definition) is 3. The van der Waals surface area contributed by atoms with Gasteiger partial charge in [-0.05, 0) is 65.2 Å². The van der Waals surface area contributed by atoms with Crippen molar-refractivity contribution in [1.82, 2.24) is 25.3 Å². The third-order valence-corrected chi connectivity index (χ3v) is 4.31. The summed E-state index contributed by atoms with van der Waals surface area (Å²) in [6.45, 7) is 10.7. The molecule has 0 radical (unpaired) electrons. The van der Waals surface area contributed by atoms with Crippen molar-refractivity contribution < 1.29 is 0 Å². The summed E-state index contributed by atoms with van der Waals surface area (Å²) in [6.07, 6.45) is 4.95. The highest BCUT2D eigenvalue weighted by molar-refractivity contribution is 14.0. The van der Waals surface area contributed by atoms with E-state index < -0.39 is 0 Å². The fraction of sp³-hybridized carbons (Fsp3) is 0.765. The third-order valence-electron chi connectivity index (χ3n) is 4.31. The summed E-state index contributed by atoms with van der Waals surface area (Å²) in [5, 5.41) is 11.3. The van der Waals surface area contributed by atoms with Gasteiger partial charge in [0.1, 0.15) is 0 Å². The van der Waals surface area contributed by atoms with Crippen molar-refractivity contribution in [3.63, 3.8) is 0 Å². The van der Waals surface area contributed by atoms with E-state index in [2.05, 4.69) is 43.3 Å². The summed E-state index contributed by atoms with van der Waals surface area (Å²) in [4.78, 5) is 6.83. The molecule has 6 nitrogen and oxygen atoms in total. The highest BCUT2D eigenvalue weighted by Crippen LogP contribution is 2.06. The Bertz CT molecular complexity index is 493. The predicted molar refractivity (Wildman–Crippen MR) is 111 cm³/mol. The molecule has 0 saturated carbocycles. The largest absolute Gasteiger partial charge is 0.356 e. The van der Waals surface area contributed by atoms with Gasteiger partial charge in [-0.1, -0.05) is 0 Å². The molecule has 138 valence electrons. The van der Waals surface area contributed by atoms with E-state index in [-0.39, 0.29) is 24.0 Å². The minimum Gasteiger partial charge on any atom is -0.356 e. The van der Waals surface area contributed by atoms with Crippen LogP contribution in [0, 0.1) is 13.8 Å². The lowest BCUT2D eigenvalue weighted by Crippen LogP contribution is -2.39. The normalized spacial score (nSPS) is 15.4. The second-order valence-corrected chi connectivity index (χ2v) is 6.33. The molecule has 0 unspecified atom stereocenters. The Morgan fingerprint density at radius 1 is 1.12 bits per heavy atom. The van der Waals surface area contributed by atoms with Crippen molar-refractivity contribution >= 4 is 29.9 Å². The molecule has 1 fully saturated rings. The number of halogens is 1. The first-order valence-electron chi connectivity index (χ1n) is 8.87. The predicted octanol–water partition coefficient (Wildman–Crippen LogP) is 2.16. The summed E-state index contributed by atoms with van der Waals surface area (Å²) < 4.78 is 2.07. The van der Waals surface area contributed by atoms with Crippen LogP contribution in [0.15, 0.2) is 11.1 Å². The molecule has 0 amide bonds. The standard InChI is InChI=1S/C17H32N6.HI/c1-15-14-16(2)23(21-15)13-7-9-20-17(18-3)19-8-6-12-22-10-4-5-11-22;/h14H,4-13H2,1-3H3,(H2,18,19,20);1H. The summed E-state index contributed by atoms with van der Waals surface area (Å²) >= 11 is 0. The van der Waals surface area contributed by atoms with Crippen LogP contribution in [0.4, 0.5) is 0 Å². The van der Waals surface area contributed by atoms with Gasteiger partial charge in [0.15, 0.2) is 5.96 Å². The Morgan fingerprint density at radius 3 is 2.29 bits per heavy atom. The average Bonchev–Trinajstić information content (AvgIpc) is 3.15. The first-order valence-corrected chi connectivity index (χ1v) is 8.87. The van der Waals surface area contributed by atoms with Crippen LogP contribution in [-0.2, 0) is 6.54 Å². The van der Waals surface area contributed by atoms with Crippen molar-refractivity contribution in [2.45, 2.75) is 46.1 Å². The Hall–Kier alpha value is -0.830. The smallest absolute Gasteiger partial charge is 0.190 e. The molecule has 2 N–H and O–H groups in total. The maximum Gasteiger partial charge on any atom is 0.190 e. The van der Waals surface area contributed by atoms with Gasteiger partial charge >= 0.3 is 0 Å². The van der Waals surface area contributed by atoms with E-state index in [9.17, 15) is 0 Å². The summed E-state index contributed by atoms with van der Waals surface area (Å²) in [5.41, 5.74) is 2.32. The molecule has 0 atom stereocenters. The number of aromatic nitrogens is 2. The van der Waals surface area contributed by atoms with Crippen LogP contribution < -0.4 is 10.6 Å². The van der Waals surface area contributed by atoms with E-state index in [1.54, 1.807) is 0 Å². The molecular weight excluding hydrogens is 415 g/mol. The van der Waals surface area contributed by atoms with Crippen LogP contribution in [0.25, 0.3) is 0 Å². The SMILES string of the molecule is CN=C(NCCCN1CCCC1)NCCCn1nc(C)cc1C.I. The monoisotopic (exact) mass is 448 g/mol. The lowest BCUT2D eigenvalue weighted by atomic mass is 10.4. The Kier molecular flexibility index (Phi) is 10.3. The average molecular weight is 448 g/mol. The van der Waals surface area contributed by atoms with E-state index in [4.69, 9.17) is 0 Å². The lowest BCUT2D eigenvalue weighted by Gasteiger charge is -2.16. The number of likely N-dealkylation sites (tertiary alicyclic amines) is 1. The lowest BCUT2D eigenvalue weighted by molar-refractivity contribution is 0.334. The second kappa shape index (κ2) is 11.7. The van der Waals surface area contributed by atoms with Gasteiger partial charge in [0.2, 0.25) is 0 Å². The van der Waals surface area contributed by atoms with E-state index in [1.807, 2.05) is 14.0 Å². The molecule has 2 rings (SSSR count). The summed E-state index contributed by atoms with van der Waals surface area (Å²) in [5.74, 6) is 0.903. The third kappa shape index (κ3) is 7.38. The molecule has 1 aliphatic heterocycles. The number of aryl methyl sites for hydroxylation is 3. The van der Waals surface area contributed by atoms with Crippen LogP contribution >= 0.6 is 24.0 Å². The van der Waals surface area contributed by atoms with E-state index in [0.29, 0.717) is 0 Å². The first-order chi connectivity index (χ1) is 11.2. The fourth-order valence-electron chi connectivity index (χ4n) is 3.07. The zero-order valence-electron chi connectivity index (χ0n) is 15.3. The molecule has 24 heavy (non-hydrogen) atoms. The molecule has 1 aromatic heterocycles. The topological polar surface area (TPSA) is 57.5 Å². The van der Waals surface area contributed by atoms with Crippen LogP contribution in [-0.4, -0.2) is 60.4 Å². The fourth-order valence-corrected chi connectivity index (χ4v) is 3.07. The Labute approximate surface area is 163 Å². The number of guanidine groups is 1. The van der Waals surface area contributed by atoms with E-state index >= 15 is 0 Å². The van der Waals surface area contributed by atoms with Crippen molar-refractivity contribution in [3.8, 4) is 0 Å². The van der Waals surface area contributed by atoms with Crippen molar-refractivity contribution in [2.75, 3.05) is 39.8 Å². The molecule has 7 heteroatoms. The van der Waals surface area contributed by atoms with Crippen LogP contribution in [0.2, 0.25) is 0 Å². The van der Waals surface area contributed by atoms with Crippen LogP contribution in [0.5, 0.6) is 0 Å². The zero-order valence-corrected chi connectivity index (χ0v) is 17.7. The van der Waals surface area contributed by atoms with Gasteiger partial charge in [-0.25, -0.2) is 0 Å². The quantitative estimate of drug-likeness (QED) is 0.277. The van der Waals surface area contributed by atoms with Gasteiger partial charge in [-0.2, -0.15) is 5.10 Å². The molecule has 1 aromatic rings. The molecule has 2 heterocycles. The highest BCUT2D eigenvalue weighted by Gasteiger charge is 2.10. The van der Waals surface area contributed by atoms with Crippen LogP contribution in [0.3, 0.4) is 0 Å². The number of nitrogens with zero attached hydrogens (tertiary/aromatic N) is 4. The molecule has 1 aliphatic rings. The zero-order chi connectivity index (χ0) is 16.5. The highest BCUT2D eigenvalue weighted by atomic mass is 127. The van der Waals surface area contributed by atoms with Crippen LogP contribution in [0.1, 0.15) is 37.1 Å². The van der Waals surface area contributed by atoms with Gasteiger partial charge < -0.3 is 15.5 Å². The van der Waals surface area contributed by atoms with Gasteiger partial charge in [-0.15, -0.1) is 24.0 Å². The summed E-state index contributed by atoms with van der Waals surface area (Å²) in [7, 11) is 1.83. The maximum atomic E-state index is 4.48. The Morgan fingerprint density at radius 2 is 1.75 bits per heavy atom. The maximum absolute atomic E-state index is 4.48.